The molecule has 0 aliphatic carbocycles. The summed E-state index contributed by atoms with van der Waals surface area (Å²) in [7, 11) is 0. The van der Waals surface area contributed by atoms with Crippen molar-refractivity contribution in [1.82, 2.24) is 10.3 Å². The molecule has 0 saturated carbocycles. The molecule has 4 rings (SSSR count). The number of aliphatic hydroxyl groups is 1. The number of anilines is 3. The minimum atomic E-state index is -0.720. The molecule has 1 amide bonds. The number of hydrogen-bond donors (Lipinski definition) is 6. The molecule has 7 N–H and O–H groups in total. The molecule has 0 fully saturated rings. The predicted octanol–water partition coefficient (Wildman–Crippen LogP) is 2.09. The van der Waals surface area contributed by atoms with Crippen molar-refractivity contribution in [3.05, 3.63) is 83.7 Å². The van der Waals surface area contributed by atoms with E-state index in [-0.39, 0.29) is 18.2 Å². The fourth-order valence-electron chi connectivity index (χ4n) is 3.40. The van der Waals surface area contributed by atoms with Gasteiger partial charge >= 0.3 is 0 Å². The van der Waals surface area contributed by atoms with Crippen molar-refractivity contribution in [2.75, 3.05) is 23.0 Å². The molecule has 0 bridgehead atoms. The summed E-state index contributed by atoms with van der Waals surface area (Å²) in [5, 5.41) is 27.2. The zero-order chi connectivity index (χ0) is 21.1. The Morgan fingerprint density at radius 3 is 2.47 bits per heavy atom. The monoisotopic (exact) mass is 402 g/mol. The van der Waals surface area contributed by atoms with Gasteiger partial charge in [-0.25, -0.2) is 0 Å². The van der Waals surface area contributed by atoms with E-state index < -0.39 is 12.2 Å². The molecule has 1 aliphatic heterocycles. The predicted molar refractivity (Wildman–Crippen MR) is 116 cm³/mol. The molecule has 8 nitrogen and oxygen atoms in total. The fraction of sp³-hybridized carbons (Fsp3) is 0.136. The lowest BCUT2D eigenvalue weighted by Gasteiger charge is -2.20. The van der Waals surface area contributed by atoms with Crippen LogP contribution in [0.2, 0.25) is 0 Å². The molecule has 30 heavy (non-hydrogen) atoms. The van der Waals surface area contributed by atoms with E-state index in [2.05, 4.69) is 20.9 Å². The molecule has 1 aromatic heterocycles. The Morgan fingerprint density at radius 1 is 1.13 bits per heavy atom. The number of carbonyl (C=O) groups is 1. The second-order valence-electron chi connectivity index (χ2n) is 6.97. The second-order valence-corrected chi connectivity index (χ2v) is 6.97. The molecule has 0 radical (unpaired) electrons. The van der Waals surface area contributed by atoms with Gasteiger partial charge in [0.2, 0.25) is 0 Å². The first-order valence-corrected chi connectivity index (χ1v) is 9.49. The smallest absolute Gasteiger partial charge is 0.263 e. The van der Waals surface area contributed by atoms with Crippen LogP contribution in [0.5, 0.6) is 0 Å². The van der Waals surface area contributed by atoms with Crippen molar-refractivity contribution < 1.29 is 9.90 Å². The highest BCUT2D eigenvalue weighted by molar-refractivity contribution is 6.15. The number of nitrogens with one attached hydrogen (secondary N) is 4. The van der Waals surface area contributed by atoms with E-state index in [4.69, 9.17) is 11.1 Å². The maximum Gasteiger partial charge on any atom is 0.263 e. The van der Waals surface area contributed by atoms with Crippen LogP contribution in [-0.4, -0.2) is 34.5 Å². The minimum Gasteiger partial charge on any atom is -0.398 e. The van der Waals surface area contributed by atoms with Crippen LogP contribution in [0.15, 0.2) is 67.0 Å². The van der Waals surface area contributed by atoms with Crippen LogP contribution in [-0.2, 0) is 4.79 Å². The lowest BCUT2D eigenvalue weighted by atomic mass is 10.0. The molecule has 2 aromatic carbocycles. The number of amides is 1. The first-order chi connectivity index (χ1) is 14.6. The molecule has 2 atom stereocenters. The summed E-state index contributed by atoms with van der Waals surface area (Å²) in [5.74, 6) is -0.307. The van der Waals surface area contributed by atoms with Gasteiger partial charge in [0.1, 0.15) is 0 Å². The van der Waals surface area contributed by atoms with Gasteiger partial charge in [0, 0.05) is 29.2 Å². The van der Waals surface area contributed by atoms with Crippen LogP contribution in [0, 0.1) is 5.41 Å². The summed E-state index contributed by atoms with van der Waals surface area (Å²) >= 11 is 0. The summed E-state index contributed by atoms with van der Waals surface area (Å²) in [6.45, 7) is -0.213. The second kappa shape index (κ2) is 8.22. The number of nitrogen functional groups attached to an aromatic ring is 1. The van der Waals surface area contributed by atoms with Crippen LogP contribution in [0.25, 0.3) is 0 Å². The van der Waals surface area contributed by atoms with Crippen LogP contribution in [0.3, 0.4) is 0 Å². The van der Waals surface area contributed by atoms with Crippen LogP contribution < -0.4 is 21.7 Å². The first-order valence-electron chi connectivity index (χ1n) is 9.49. The Labute approximate surface area is 173 Å². The van der Waals surface area contributed by atoms with E-state index in [0.29, 0.717) is 28.2 Å². The van der Waals surface area contributed by atoms with Crippen molar-refractivity contribution in [3.63, 3.8) is 0 Å². The highest BCUT2D eigenvalue weighted by Gasteiger charge is 2.29. The summed E-state index contributed by atoms with van der Waals surface area (Å²) in [6.07, 6.45) is 2.53. The number of pyridine rings is 1. The van der Waals surface area contributed by atoms with Crippen molar-refractivity contribution in [1.29, 1.82) is 5.41 Å². The third-order valence-corrected chi connectivity index (χ3v) is 4.99. The van der Waals surface area contributed by atoms with Gasteiger partial charge in [-0.3, -0.25) is 15.2 Å². The molecule has 2 heterocycles. The Bertz CT molecular complexity index is 1070. The van der Waals surface area contributed by atoms with Gasteiger partial charge in [0.15, 0.2) is 6.17 Å². The first kappa shape index (κ1) is 19.4. The number of aromatic nitrogens is 1. The average Bonchev–Trinajstić information content (AvgIpc) is 3.20. The third-order valence-electron chi connectivity index (χ3n) is 4.99. The van der Waals surface area contributed by atoms with Gasteiger partial charge < -0.3 is 26.8 Å². The van der Waals surface area contributed by atoms with Gasteiger partial charge in [-0.2, -0.15) is 0 Å². The molecule has 0 spiro atoms. The van der Waals surface area contributed by atoms with Crippen LogP contribution in [0.4, 0.5) is 17.1 Å². The Kier molecular flexibility index (Phi) is 5.32. The van der Waals surface area contributed by atoms with E-state index in [1.807, 2.05) is 30.3 Å². The number of aliphatic hydroxyl groups excluding tert-OH is 1. The lowest BCUT2D eigenvalue weighted by molar-refractivity contribution is -0.122. The van der Waals surface area contributed by atoms with Gasteiger partial charge in [0.05, 0.1) is 29.7 Å². The summed E-state index contributed by atoms with van der Waals surface area (Å²) in [6, 6.07) is 15.7. The summed E-state index contributed by atoms with van der Waals surface area (Å²) in [5.41, 5.74) is 10.3. The van der Waals surface area contributed by atoms with E-state index in [1.165, 1.54) is 0 Å². The standard InChI is InChI=1S/C22H22N6O2/c23-16-11-18-17(10-15(16)20(24)14-6-8-25-9-7-14)26-21(27-18)22(30)28-19(12-29)13-4-2-1-3-5-13/h1-11,19,21,24,26-27,29H,12,23H2,(H,28,30). The summed E-state index contributed by atoms with van der Waals surface area (Å²) < 4.78 is 0. The number of fused-ring (bicyclic) bond motifs is 1. The molecule has 0 saturated heterocycles. The average molecular weight is 402 g/mol. The zero-order valence-electron chi connectivity index (χ0n) is 16.1. The number of hydrogen-bond acceptors (Lipinski definition) is 7. The minimum absolute atomic E-state index is 0.213. The number of nitrogens with zero attached hydrogens (tertiary/aromatic N) is 1. The van der Waals surface area contributed by atoms with Gasteiger partial charge in [0.25, 0.3) is 5.91 Å². The number of rotatable bonds is 6. The van der Waals surface area contributed by atoms with E-state index in [0.717, 1.165) is 5.56 Å². The van der Waals surface area contributed by atoms with E-state index in [9.17, 15) is 9.90 Å². The van der Waals surface area contributed by atoms with Gasteiger partial charge in [-0.1, -0.05) is 30.3 Å². The van der Waals surface area contributed by atoms with Crippen LogP contribution >= 0.6 is 0 Å². The zero-order valence-corrected chi connectivity index (χ0v) is 16.1. The van der Waals surface area contributed by atoms with E-state index in [1.54, 1.807) is 36.7 Å². The maximum absolute atomic E-state index is 12.8. The highest BCUT2D eigenvalue weighted by atomic mass is 16.3. The van der Waals surface area contributed by atoms with Crippen molar-refractivity contribution in [2.45, 2.75) is 12.2 Å². The maximum atomic E-state index is 12.8. The quantitative estimate of drug-likeness (QED) is 0.276. The highest BCUT2D eigenvalue weighted by Crippen LogP contribution is 2.34. The van der Waals surface area contributed by atoms with Crippen LogP contribution in [0.1, 0.15) is 22.7 Å². The lowest BCUT2D eigenvalue weighted by Crippen LogP contribution is -2.44. The van der Waals surface area contributed by atoms with Crippen molar-refractivity contribution in [3.8, 4) is 0 Å². The molecule has 1 aliphatic rings. The SMILES string of the molecule is N=C(c1ccncc1)c1cc2c(cc1N)NC(C(=O)NC(CO)c1ccccc1)N2. The normalized spacial score (nSPS) is 15.4. The summed E-state index contributed by atoms with van der Waals surface area (Å²) in [4.78, 5) is 16.7. The largest absolute Gasteiger partial charge is 0.398 e. The number of benzene rings is 2. The molecule has 152 valence electrons. The number of carbonyl (C=O) groups excluding carboxylic acids is 1. The number of nitrogens with two attached hydrogens (primary N) is 1. The van der Waals surface area contributed by atoms with Gasteiger partial charge in [-0.05, 0) is 29.8 Å². The molecule has 3 aromatic rings. The topological polar surface area (TPSA) is 136 Å². The Morgan fingerprint density at radius 2 is 1.80 bits per heavy atom. The Balaban J connectivity index is 1.50. The van der Waals surface area contributed by atoms with Crippen molar-refractivity contribution in [2.24, 2.45) is 0 Å². The third kappa shape index (κ3) is 3.81. The fourth-order valence-corrected chi connectivity index (χ4v) is 3.40. The van der Waals surface area contributed by atoms with E-state index >= 15 is 0 Å². The molecule has 2 unspecified atom stereocenters. The van der Waals surface area contributed by atoms with Gasteiger partial charge in [-0.15, -0.1) is 0 Å². The molecule has 8 heteroatoms. The Hall–Kier alpha value is -3.91. The van der Waals surface area contributed by atoms with Crippen molar-refractivity contribution >= 4 is 28.7 Å². The molecular weight excluding hydrogens is 380 g/mol. The molecular formula is C22H22N6O2.